The molecule has 0 aliphatic carbocycles. The van der Waals surface area contributed by atoms with Gasteiger partial charge < -0.3 is 30.8 Å². The molecule has 0 radical (unpaired) electrons. The molecule has 7 nitrogen and oxygen atoms in total. The van der Waals surface area contributed by atoms with Crippen LogP contribution in [0.25, 0.3) is 0 Å². The molecule has 33 heavy (non-hydrogen) atoms. The fourth-order valence-electron chi connectivity index (χ4n) is 3.11. The SMILES string of the molecule is NC(N)=NC[C@@H](O)COc1ccc(OCCc2ccccc2)c(OCCc2ccccc2)c1. The lowest BCUT2D eigenvalue weighted by molar-refractivity contribution is 0.114. The van der Waals surface area contributed by atoms with E-state index in [1.165, 1.54) is 11.1 Å². The Labute approximate surface area is 194 Å². The van der Waals surface area contributed by atoms with Gasteiger partial charge in [0.1, 0.15) is 18.5 Å². The molecule has 174 valence electrons. The van der Waals surface area contributed by atoms with E-state index in [0.717, 1.165) is 12.8 Å². The van der Waals surface area contributed by atoms with E-state index in [-0.39, 0.29) is 19.1 Å². The van der Waals surface area contributed by atoms with E-state index in [0.29, 0.717) is 30.5 Å². The lowest BCUT2D eigenvalue weighted by atomic mass is 10.2. The van der Waals surface area contributed by atoms with Crippen molar-refractivity contribution in [3.63, 3.8) is 0 Å². The van der Waals surface area contributed by atoms with Crippen LogP contribution in [0.5, 0.6) is 17.2 Å². The molecule has 0 saturated carbocycles. The Hall–Kier alpha value is -3.71. The number of aliphatic hydroxyl groups excluding tert-OH is 1. The summed E-state index contributed by atoms with van der Waals surface area (Å²) in [5.74, 6) is 1.73. The number of hydrogen-bond acceptors (Lipinski definition) is 5. The van der Waals surface area contributed by atoms with Crippen molar-refractivity contribution in [2.24, 2.45) is 16.5 Å². The molecule has 5 N–H and O–H groups in total. The van der Waals surface area contributed by atoms with Gasteiger partial charge >= 0.3 is 0 Å². The molecule has 7 heteroatoms. The fourth-order valence-corrected chi connectivity index (χ4v) is 3.11. The van der Waals surface area contributed by atoms with E-state index in [4.69, 9.17) is 25.7 Å². The predicted molar refractivity (Wildman–Crippen MR) is 130 cm³/mol. The molecule has 3 rings (SSSR count). The van der Waals surface area contributed by atoms with E-state index >= 15 is 0 Å². The minimum Gasteiger partial charge on any atom is -0.491 e. The van der Waals surface area contributed by atoms with Crippen LogP contribution in [0.3, 0.4) is 0 Å². The van der Waals surface area contributed by atoms with Gasteiger partial charge in [-0.25, -0.2) is 0 Å². The Morgan fingerprint density at radius 1 is 0.758 bits per heavy atom. The van der Waals surface area contributed by atoms with Crippen LogP contribution in [-0.4, -0.2) is 43.5 Å². The summed E-state index contributed by atoms with van der Waals surface area (Å²) in [7, 11) is 0. The number of aliphatic imine (C=N–C) groups is 1. The molecule has 0 spiro atoms. The number of nitrogens with zero attached hydrogens (tertiary/aromatic N) is 1. The Morgan fingerprint density at radius 2 is 1.33 bits per heavy atom. The minimum absolute atomic E-state index is 0.0500. The first kappa shape index (κ1) is 23.9. The number of hydrogen-bond donors (Lipinski definition) is 3. The van der Waals surface area contributed by atoms with Crippen molar-refractivity contribution in [3.05, 3.63) is 90.0 Å². The van der Waals surface area contributed by atoms with Crippen LogP contribution in [0.15, 0.2) is 83.9 Å². The second-order valence-corrected chi connectivity index (χ2v) is 7.51. The van der Waals surface area contributed by atoms with Crippen LogP contribution < -0.4 is 25.7 Å². The zero-order valence-electron chi connectivity index (χ0n) is 18.6. The normalized spacial score (nSPS) is 11.4. The number of benzene rings is 3. The third-order valence-electron chi connectivity index (χ3n) is 4.82. The Morgan fingerprint density at radius 3 is 1.91 bits per heavy atom. The maximum Gasteiger partial charge on any atom is 0.186 e. The largest absolute Gasteiger partial charge is 0.491 e. The van der Waals surface area contributed by atoms with E-state index in [9.17, 15) is 5.11 Å². The number of aliphatic hydroxyl groups is 1. The van der Waals surface area contributed by atoms with Crippen LogP contribution in [0.4, 0.5) is 0 Å². The van der Waals surface area contributed by atoms with E-state index < -0.39 is 6.10 Å². The summed E-state index contributed by atoms with van der Waals surface area (Å²) in [5, 5.41) is 9.98. The van der Waals surface area contributed by atoms with Gasteiger partial charge in [-0.3, -0.25) is 4.99 Å². The van der Waals surface area contributed by atoms with E-state index in [1.807, 2.05) is 42.5 Å². The highest BCUT2D eigenvalue weighted by atomic mass is 16.5. The van der Waals surface area contributed by atoms with Gasteiger partial charge in [-0.1, -0.05) is 60.7 Å². The van der Waals surface area contributed by atoms with Crippen molar-refractivity contribution in [2.45, 2.75) is 18.9 Å². The maximum absolute atomic E-state index is 9.98. The maximum atomic E-state index is 9.98. The van der Waals surface area contributed by atoms with Gasteiger partial charge in [0.25, 0.3) is 0 Å². The summed E-state index contributed by atoms with van der Waals surface area (Å²) in [6, 6.07) is 25.7. The summed E-state index contributed by atoms with van der Waals surface area (Å²) in [6.45, 7) is 1.14. The summed E-state index contributed by atoms with van der Waals surface area (Å²) in [4.78, 5) is 3.79. The smallest absolute Gasteiger partial charge is 0.186 e. The molecule has 1 atom stereocenters. The van der Waals surface area contributed by atoms with E-state index in [1.54, 1.807) is 12.1 Å². The highest BCUT2D eigenvalue weighted by Gasteiger charge is 2.11. The quantitative estimate of drug-likeness (QED) is 0.273. The molecular weight excluding hydrogens is 418 g/mol. The molecule has 0 bridgehead atoms. The van der Waals surface area contributed by atoms with Crippen LogP contribution in [0, 0.1) is 0 Å². The van der Waals surface area contributed by atoms with Gasteiger partial charge in [0.15, 0.2) is 17.5 Å². The van der Waals surface area contributed by atoms with Gasteiger partial charge in [0, 0.05) is 18.9 Å². The highest BCUT2D eigenvalue weighted by molar-refractivity contribution is 5.75. The molecular formula is C26H31N3O4. The van der Waals surface area contributed by atoms with Crippen molar-refractivity contribution in [3.8, 4) is 17.2 Å². The summed E-state index contributed by atoms with van der Waals surface area (Å²) >= 11 is 0. The van der Waals surface area contributed by atoms with Gasteiger partial charge in [0.05, 0.1) is 19.8 Å². The van der Waals surface area contributed by atoms with Gasteiger partial charge in [-0.15, -0.1) is 0 Å². The summed E-state index contributed by atoms with van der Waals surface area (Å²) in [6.07, 6.45) is 0.739. The fraction of sp³-hybridized carbons (Fsp3) is 0.269. The average Bonchev–Trinajstić information content (AvgIpc) is 2.84. The van der Waals surface area contributed by atoms with Gasteiger partial charge in [-0.2, -0.15) is 0 Å². The first-order valence-electron chi connectivity index (χ1n) is 10.9. The third kappa shape index (κ3) is 8.74. The molecule has 0 aliphatic rings. The molecule has 0 heterocycles. The average molecular weight is 450 g/mol. The Balaban J connectivity index is 1.61. The minimum atomic E-state index is -0.823. The van der Waals surface area contributed by atoms with Crippen molar-refractivity contribution >= 4 is 5.96 Å². The summed E-state index contributed by atoms with van der Waals surface area (Å²) < 4.78 is 17.8. The molecule has 3 aromatic rings. The second-order valence-electron chi connectivity index (χ2n) is 7.51. The van der Waals surface area contributed by atoms with E-state index in [2.05, 4.69) is 29.3 Å². The van der Waals surface area contributed by atoms with Crippen LogP contribution >= 0.6 is 0 Å². The first-order valence-corrected chi connectivity index (χ1v) is 10.9. The lowest BCUT2D eigenvalue weighted by Crippen LogP contribution is -2.27. The standard InChI is InChI=1S/C26H31N3O4/c27-26(28)29-18-22(30)19-33-23-11-12-24(31-15-13-20-7-3-1-4-8-20)25(17-23)32-16-14-21-9-5-2-6-10-21/h1-12,17,22,30H,13-16,18-19H2,(H4,27,28,29)/t22-/m1/s1. The number of rotatable bonds is 13. The zero-order valence-corrected chi connectivity index (χ0v) is 18.6. The monoisotopic (exact) mass is 449 g/mol. The lowest BCUT2D eigenvalue weighted by Gasteiger charge is -2.16. The number of nitrogens with two attached hydrogens (primary N) is 2. The Kier molecular flexibility index (Phi) is 9.42. The molecule has 0 fully saturated rings. The van der Waals surface area contributed by atoms with Crippen LogP contribution in [-0.2, 0) is 12.8 Å². The molecule has 0 unspecified atom stereocenters. The highest BCUT2D eigenvalue weighted by Crippen LogP contribution is 2.32. The zero-order chi connectivity index (χ0) is 23.3. The molecule has 0 saturated heterocycles. The topological polar surface area (TPSA) is 112 Å². The van der Waals surface area contributed by atoms with Gasteiger partial charge in [0.2, 0.25) is 0 Å². The molecule has 3 aromatic carbocycles. The van der Waals surface area contributed by atoms with Crippen LogP contribution in [0.1, 0.15) is 11.1 Å². The summed E-state index contributed by atoms with van der Waals surface area (Å²) in [5.41, 5.74) is 13.0. The molecule has 0 aromatic heterocycles. The Bertz CT molecular complexity index is 993. The van der Waals surface area contributed by atoms with Crippen molar-refractivity contribution in [2.75, 3.05) is 26.4 Å². The third-order valence-corrected chi connectivity index (χ3v) is 4.82. The number of ether oxygens (including phenoxy) is 3. The van der Waals surface area contributed by atoms with Crippen LogP contribution in [0.2, 0.25) is 0 Å². The van der Waals surface area contributed by atoms with Crippen molar-refractivity contribution in [1.82, 2.24) is 0 Å². The first-order chi connectivity index (χ1) is 16.1. The molecule has 0 aliphatic heterocycles. The second kappa shape index (κ2) is 13.0. The van der Waals surface area contributed by atoms with Gasteiger partial charge in [-0.05, 0) is 23.3 Å². The number of guanidine groups is 1. The van der Waals surface area contributed by atoms with Crippen molar-refractivity contribution < 1.29 is 19.3 Å². The molecule has 0 amide bonds. The predicted octanol–water partition coefficient (Wildman–Crippen LogP) is 2.94. The van der Waals surface area contributed by atoms with Crippen molar-refractivity contribution in [1.29, 1.82) is 0 Å².